The predicted octanol–water partition coefficient (Wildman–Crippen LogP) is 0.636. The first-order chi connectivity index (χ1) is 12.8. The number of piperazine rings is 1. The van der Waals surface area contributed by atoms with Gasteiger partial charge in [-0.25, -0.2) is 9.67 Å². The fourth-order valence-electron chi connectivity index (χ4n) is 3.91. The van der Waals surface area contributed by atoms with Crippen LogP contribution in [0, 0.1) is 0 Å². The lowest BCUT2D eigenvalue weighted by Crippen LogP contribution is -2.48. The molecule has 1 aliphatic heterocycles. The van der Waals surface area contributed by atoms with Gasteiger partial charge in [0.05, 0.1) is 18.6 Å². The maximum absolute atomic E-state index is 12.3. The molecular weight excluding hydrogens is 328 g/mol. The van der Waals surface area contributed by atoms with E-state index in [1.807, 2.05) is 24.8 Å². The summed E-state index contributed by atoms with van der Waals surface area (Å²) in [7, 11) is 0. The van der Waals surface area contributed by atoms with Crippen LogP contribution in [-0.2, 0) is 25.9 Å². The minimum absolute atomic E-state index is 0.0598. The van der Waals surface area contributed by atoms with Gasteiger partial charge in [0.25, 0.3) is 5.56 Å². The van der Waals surface area contributed by atoms with Gasteiger partial charge in [0.15, 0.2) is 0 Å². The van der Waals surface area contributed by atoms with E-state index in [1.165, 1.54) is 18.4 Å². The minimum Gasteiger partial charge on any atom is -0.336 e. The number of imidazole rings is 1. The summed E-state index contributed by atoms with van der Waals surface area (Å²) < 4.78 is 3.80. The first-order valence-electron chi connectivity index (χ1n) is 9.78. The summed E-state index contributed by atoms with van der Waals surface area (Å²) in [6, 6.07) is 1.82. The molecule has 7 nitrogen and oxygen atoms in total. The van der Waals surface area contributed by atoms with Crippen molar-refractivity contribution in [2.75, 3.05) is 39.3 Å². The zero-order valence-electron chi connectivity index (χ0n) is 15.4. The fourth-order valence-corrected chi connectivity index (χ4v) is 3.91. The molecule has 1 fully saturated rings. The Morgan fingerprint density at radius 1 is 0.923 bits per heavy atom. The lowest BCUT2D eigenvalue weighted by Gasteiger charge is -2.34. The van der Waals surface area contributed by atoms with Gasteiger partial charge in [-0.1, -0.05) is 0 Å². The topological polar surface area (TPSA) is 59.2 Å². The summed E-state index contributed by atoms with van der Waals surface area (Å²) in [4.78, 5) is 21.3. The Bertz CT molecular complexity index is 761. The second kappa shape index (κ2) is 8.14. The number of aromatic nitrogens is 4. The Morgan fingerprint density at radius 3 is 2.38 bits per heavy atom. The quantitative estimate of drug-likeness (QED) is 0.760. The van der Waals surface area contributed by atoms with Crippen LogP contribution in [0.15, 0.2) is 29.6 Å². The Labute approximate surface area is 154 Å². The second-order valence-corrected chi connectivity index (χ2v) is 7.37. The second-order valence-electron chi connectivity index (χ2n) is 7.37. The van der Waals surface area contributed by atoms with Gasteiger partial charge in [-0.3, -0.25) is 14.6 Å². The number of aryl methyl sites for hydroxylation is 2. The van der Waals surface area contributed by atoms with Crippen LogP contribution < -0.4 is 5.56 Å². The van der Waals surface area contributed by atoms with Gasteiger partial charge in [0, 0.05) is 64.3 Å². The molecule has 2 aromatic rings. The van der Waals surface area contributed by atoms with Gasteiger partial charge < -0.3 is 4.57 Å². The Hall–Kier alpha value is -1.99. The molecule has 26 heavy (non-hydrogen) atoms. The van der Waals surface area contributed by atoms with Crippen LogP contribution in [0.2, 0.25) is 0 Å². The zero-order valence-corrected chi connectivity index (χ0v) is 15.4. The van der Waals surface area contributed by atoms with Crippen molar-refractivity contribution in [3.63, 3.8) is 0 Å². The maximum Gasteiger partial charge on any atom is 0.267 e. The van der Waals surface area contributed by atoms with Crippen LogP contribution in [0.25, 0.3) is 0 Å². The highest BCUT2D eigenvalue weighted by molar-refractivity contribution is 5.20. The zero-order chi connectivity index (χ0) is 17.8. The van der Waals surface area contributed by atoms with Crippen LogP contribution in [0.5, 0.6) is 0 Å². The van der Waals surface area contributed by atoms with Gasteiger partial charge in [0.2, 0.25) is 0 Å². The van der Waals surface area contributed by atoms with Crippen molar-refractivity contribution in [2.45, 2.75) is 38.8 Å². The van der Waals surface area contributed by atoms with Gasteiger partial charge in [0.1, 0.15) is 0 Å². The summed E-state index contributed by atoms with van der Waals surface area (Å²) >= 11 is 0. The van der Waals surface area contributed by atoms with Crippen molar-refractivity contribution in [3.8, 4) is 0 Å². The Balaban J connectivity index is 1.24. The van der Waals surface area contributed by atoms with Crippen LogP contribution in [0.4, 0.5) is 0 Å². The van der Waals surface area contributed by atoms with Crippen molar-refractivity contribution >= 4 is 0 Å². The van der Waals surface area contributed by atoms with E-state index in [1.54, 1.807) is 4.68 Å². The number of rotatable bonds is 6. The molecule has 140 valence electrons. The molecule has 1 aliphatic carbocycles. The summed E-state index contributed by atoms with van der Waals surface area (Å²) in [5.74, 6) is 0. The maximum atomic E-state index is 12.3. The third kappa shape index (κ3) is 4.22. The van der Waals surface area contributed by atoms with E-state index in [9.17, 15) is 4.79 Å². The van der Waals surface area contributed by atoms with E-state index in [2.05, 4.69) is 24.4 Å². The van der Waals surface area contributed by atoms with Crippen LogP contribution in [-0.4, -0.2) is 68.4 Å². The lowest BCUT2D eigenvalue weighted by atomic mass is 9.97. The van der Waals surface area contributed by atoms with Crippen LogP contribution in [0.3, 0.4) is 0 Å². The minimum atomic E-state index is 0.0598. The Morgan fingerprint density at radius 2 is 1.65 bits per heavy atom. The average Bonchev–Trinajstić information content (AvgIpc) is 3.19. The predicted molar refractivity (Wildman–Crippen MR) is 100 cm³/mol. The fraction of sp³-hybridized carbons (Fsp3) is 0.632. The monoisotopic (exact) mass is 356 g/mol. The highest BCUT2D eigenvalue weighted by atomic mass is 16.1. The van der Waals surface area contributed by atoms with Crippen molar-refractivity contribution in [3.05, 3.63) is 46.4 Å². The molecule has 1 saturated heterocycles. The molecule has 7 heteroatoms. The SMILES string of the molecule is O=c1cc2c(nn1CCN1CCN(CCn3ccnc3)CC1)CCCC2. The average molecular weight is 356 g/mol. The number of hydrogen-bond donors (Lipinski definition) is 0. The summed E-state index contributed by atoms with van der Waals surface area (Å²) in [5, 5.41) is 4.63. The third-order valence-electron chi connectivity index (χ3n) is 5.60. The number of hydrogen-bond acceptors (Lipinski definition) is 5. The molecule has 2 aromatic heterocycles. The molecule has 0 amide bonds. The molecule has 0 aromatic carbocycles. The van der Waals surface area contributed by atoms with E-state index < -0.39 is 0 Å². The van der Waals surface area contributed by atoms with Crippen molar-refractivity contribution in [1.82, 2.24) is 29.1 Å². The van der Waals surface area contributed by atoms with E-state index in [0.717, 1.165) is 64.3 Å². The molecule has 2 aliphatic rings. The number of fused-ring (bicyclic) bond motifs is 1. The molecule has 0 saturated carbocycles. The molecule has 0 unspecified atom stereocenters. The van der Waals surface area contributed by atoms with Gasteiger partial charge in [-0.2, -0.15) is 5.10 Å². The molecule has 0 spiro atoms. The van der Waals surface area contributed by atoms with Crippen molar-refractivity contribution in [1.29, 1.82) is 0 Å². The molecule has 0 bridgehead atoms. The molecular formula is C19H28N6O. The highest BCUT2D eigenvalue weighted by Crippen LogP contribution is 2.16. The molecule has 0 N–H and O–H groups in total. The van der Waals surface area contributed by atoms with Crippen LogP contribution >= 0.6 is 0 Å². The van der Waals surface area contributed by atoms with Crippen molar-refractivity contribution < 1.29 is 0 Å². The summed E-state index contributed by atoms with van der Waals surface area (Å²) in [6.07, 6.45) is 10.1. The van der Waals surface area contributed by atoms with Gasteiger partial charge in [-0.15, -0.1) is 0 Å². The van der Waals surface area contributed by atoms with E-state index in [-0.39, 0.29) is 5.56 Å². The smallest absolute Gasteiger partial charge is 0.267 e. The van der Waals surface area contributed by atoms with Crippen molar-refractivity contribution in [2.24, 2.45) is 0 Å². The van der Waals surface area contributed by atoms with E-state index >= 15 is 0 Å². The lowest BCUT2D eigenvalue weighted by molar-refractivity contribution is 0.124. The van der Waals surface area contributed by atoms with Gasteiger partial charge in [-0.05, 0) is 31.2 Å². The normalized spacial score (nSPS) is 18.8. The number of nitrogens with zero attached hydrogens (tertiary/aromatic N) is 6. The third-order valence-corrected chi connectivity index (χ3v) is 5.60. The van der Waals surface area contributed by atoms with E-state index in [0.29, 0.717) is 6.54 Å². The molecule has 4 rings (SSSR count). The largest absolute Gasteiger partial charge is 0.336 e. The van der Waals surface area contributed by atoms with E-state index in [4.69, 9.17) is 0 Å². The standard InChI is InChI=1S/C19H28N6O/c26-19-15-17-3-1-2-4-18(17)21-25(19)14-13-23-9-7-22(8-10-23)11-12-24-6-5-20-16-24/h5-6,15-16H,1-4,7-14H2. The molecule has 0 radical (unpaired) electrons. The summed E-state index contributed by atoms with van der Waals surface area (Å²) in [5.41, 5.74) is 2.37. The Kier molecular flexibility index (Phi) is 5.45. The first kappa shape index (κ1) is 17.4. The molecule has 3 heterocycles. The highest BCUT2D eigenvalue weighted by Gasteiger charge is 2.17. The van der Waals surface area contributed by atoms with Gasteiger partial charge >= 0.3 is 0 Å². The first-order valence-corrected chi connectivity index (χ1v) is 9.78. The summed E-state index contributed by atoms with van der Waals surface area (Å²) in [6.45, 7) is 7.95. The molecule has 0 atom stereocenters. The van der Waals surface area contributed by atoms with Crippen LogP contribution in [0.1, 0.15) is 24.1 Å².